The first-order valence-corrected chi connectivity index (χ1v) is 4.21. The smallest absolute Gasteiger partial charge is 0.244 e. The maximum Gasteiger partial charge on any atom is 0.276 e. The first kappa shape index (κ1) is 8.68. The molecule has 2 aromatic rings. The molecule has 2 aromatic heterocycles. The van der Waals surface area contributed by atoms with Crippen LogP contribution in [0.1, 0.15) is 5.69 Å². The molecular weight excluding hydrogens is 178 g/mol. The van der Waals surface area contributed by atoms with Gasteiger partial charge in [0.05, 0.1) is 18.3 Å². The molecule has 0 fully saturated rings. The van der Waals surface area contributed by atoms with Gasteiger partial charge in [0.1, 0.15) is 6.33 Å². The summed E-state index contributed by atoms with van der Waals surface area (Å²) in [6, 6.07) is 0. The fraction of sp³-hybridized carbons (Fsp3) is 0.222. The molecule has 0 bridgehead atoms. The normalized spacial score (nSPS) is 10.1. The van der Waals surface area contributed by atoms with Gasteiger partial charge in [-0.25, -0.2) is 14.5 Å². The fourth-order valence-electron chi connectivity index (χ4n) is 1.23. The van der Waals surface area contributed by atoms with E-state index in [1.165, 1.54) is 12.7 Å². The molecule has 2 rings (SSSR count). The second kappa shape index (κ2) is 3.45. The lowest BCUT2D eigenvalue weighted by molar-refractivity contribution is -0.666. The van der Waals surface area contributed by atoms with Crippen molar-refractivity contribution in [3.63, 3.8) is 0 Å². The van der Waals surface area contributed by atoms with Crippen LogP contribution in [0.25, 0.3) is 11.4 Å². The van der Waals surface area contributed by atoms with Crippen LogP contribution in [0.4, 0.5) is 0 Å². The quantitative estimate of drug-likeness (QED) is 0.594. The van der Waals surface area contributed by atoms with E-state index in [9.17, 15) is 0 Å². The second-order valence-corrected chi connectivity index (χ2v) is 2.97. The molecule has 0 aliphatic carbocycles. The molecule has 0 unspecified atom stereocenters. The zero-order chi connectivity index (χ0) is 9.97. The van der Waals surface area contributed by atoms with Crippen LogP contribution in [0, 0.1) is 6.92 Å². The Hall–Kier alpha value is -1.91. The molecule has 0 saturated carbocycles. The highest BCUT2D eigenvalue weighted by Gasteiger charge is 2.12. The Morgan fingerprint density at radius 2 is 1.93 bits per heavy atom. The van der Waals surface area contributed by atoms with Crippen LogP contribution < -0.4 is 4.57 Å². The summed E-state index contributed by atoms with van der Waals surface area (Å²) >= 11 is 0. The van der Waals surface area contributed by atoms with E-state index >= 15 is 0 Å². The molecule has 0 atom stereocenters. The zero-order valence-corrected chi connectivity index (χ0v) is 8.05. The van der Waals surface area contributed by atoms with Crippen LogP contribution >= 0.6 is 0 Å². The lowest BCUT2D eigenvalue weighted by atomic mass is 10.2. The molecule has 0 amide bonds. The standard InChI is InChI=1S/C9H10N5/c1-7-8(3-10-4-12-7)9-13-5-11-6-14(9)2/h3-6H,1-2H3/q+1. The van der Waals surface area contributed by atoms with E-state index in [1.54, 1.807) is 12.5 Å². The molecular formula is C9H10N5+. The Balaban J connectivity index is 2.61. The minimum atomic E-state index is 0.818. The summed E-state index contributed by atoms with van der Waals surface area (Å²) in [5.41, 5.74) is 1.84. The van der Waals surface area contributed by atoms with Gasteiger partial charge in [0.15, 0.2) is 0 Å². The minimum absolute atomic E-state index is 0.818. The van der Waals surface area contributed by atoms with Crippen LogP contribution in [0.2, 0.25) is 0 Å². The third kappa shape index (κ3) is 1.44. The van der Waals surface area contributed by atoms with Gasteiger partial charge in [0, 0.05) is 6.20 Å². The van der Waals surface area contributed by atoms with Crippen molar-refractivity contribution in [2.24, 2.45) is 7.05 Å². The Morgan fingerprint density at radius 1 is 1.14 bits per heavy atom. The molecule has 14 heavy (non-hydrogen) atoms. The number of hydrogen-bond acceptors (Lipinski definition) is 4. The first-order chi connectivity index (χ1) is 6.79. The predicted molar refractivity (Wildman–Crippen MR) is 49.0 cm³/mol. The predicted octanol–water partition coefficient (Wildman–Crippen LogP) is 0.0665. The summed E-state index contributed by atoms with van der Waals surface area (Å²) in [4.78, 5) is 16.2. The highest BCUT2D eigenvalue weighted by atomic mass is 15.1. The molecule has 70 valence electrons. The fourth-order valence-corrected chi connectivity index (χ4v) is 1.23. The van der Waals surface area contributed by atoms with Crippen molar-refractivity contribution < 1.29 is 4.57 Å². The van der Waals surface area contributed by atoms with Gasteiger partial charge in [-0.3, -0.25) is 0 Å². The molecule has 0 spiro atoms. The van der Waals surface area contributed by atoms with Crippen LogP contribution in [0.3, 0.4) is 0 Å². The van der Waals surface area contributed by atoms with Crippen LogP contribution in [0.15, 0.2) is 25.2 Å². The summed E-state index contributed by atoms with van der Waals surface area (Å²) in [7, 11) is 1.89. The van der Waals surface area contributed by atoms with Crippen molar-refractivity contribution in [2.45, 2.75) is 6.92 Å². The monoisotopic (exact) mass is 188 g/mol. The summed E-state index contributed by atoms with van der Waals surface area (Å²) in [6.07, 6.45) is 6.50. The summed E-state index contributed by atoms with van der Waals surface area (Å²) < 4.78 is 1.84. The number of nitrogens with zero attached hydrogens (tertiary/aromatic N) is 5. The van der Waals surface area contributed by atoms with Crippen molar-refractivity contribution in [3.8, 4) is 11.4 Å². The molecule has 0 N–H and O–H groups in total. The van der Waals surface area contributed by atoms with Gasteiger partial charge in [0.2, 0.25) is 6.33 Å². The Morgan fingerprint density at radius 3 is 2.64 bits per heavy atom. The van der Waals surface area contributed by atoms with Gasteiger partial charge in [-0.05, 0) is 6.92 Å². The summed E-state index contributed by atoms with van der Waals surface area (Å²) in [5.74, 6) is 0.818. The number of hydrogen-bond donors (Lipinski definition) is 0. The Bertz CT molecular complexity index is 411. The molecule has 0 saturated heterocycles. The van der Waals surface area contributed by atoms with Crippen molar-refractivity contribution in [3.05, 3.63) is 30.9 Å². The van der Waals surface area contributed by atoms with Gasteiger partial charge in [-0.2, -0.15) is 0 Å². The van der Waals surface area contributed by atoms with E-state index in [4.69, 9.17) is 0 Å². The van der Waals surface area contributed by atoms with E-state index in [0.29, 0.717) is 0 Å². The van der Waals surface area contributed by atoms with Crippen molar-refractivity contribution in [1.29, 1.82) is 0 Å². The van der Waals surface area contributed by atoms with E-state index in [0.717, 1.165) is 17.1 Å². The maximum absolute atomic E-state index is 4.18. The number of rotatable bonds is 1. The first-order valence-electron chi connectivity index (χ1n) is 4.21. The minimum Gasteiger partial charge on any atom is -0.244 e. The van der Waals surface area contributed by atoms with E-state index in [2.05, 4.69) is 19.9 Å². The second-order valence-electron chi connectivity index (χ2n) is 2.97. The van der Waals surface area contributed by atoms with Crippen LogP contribution in [-0.4, -0.2) is 19.9 Å². The van der Waals surface area contributed by atoms with Gasteiger partial charge < -0.3 is 0 Å². The molecule has 0 aliphatic rings. The third-order valence-corrected chi connectivity index (χ3v) is 1.97. The van der Waals surface area contributed by atoms with Crippen LogP contribution in [-0.2, 0) is 7.05 Å². The lowest BCUT2D eigenvalue weighted by Crippen LogP contribution is -2.32. The van der Waals surface area contributed by atoms with Gasteiger partial charge in [-0.1, -0.05) is 9.97 Å². The number of aryl methyl sites for hydroxylation is 2. The van der Waals surface area contributed by atoms with Crippen molar-refractivity contribution in [2.75, 3.05) is 0 Å². The molecule has 0 aliphatic heterocycles. The lowest BCUT2D eigenvalue weighted by Gasteiger charge is -2.00. The molecule has 5 heteroatoms. The number of aromatic nitrogens is 5. The largest absolute Gasteiger partial charge is 0.276 e. The van der Waals surface area contributed by atoms with Gasteiger partial charge in [-0.15, -0.1) is 0 Å². The van der Waals surface area contributed by atoms with Crippen molar-refractivity contribution >= 4 is 0 Å². The van der Waals surface area contributed by atoms with Crippen molar-refractivity contribution in [1.82, 2.24) is 19.9 Å². The van der Waals surface area contributed by atoms with E-state index < -0.39 is 0 Å². The van der Waals surface area contributed by atoms with Gasteiger partial charge in [0.25, 0.3) is 12.2 Å². The zero-order valence-electron chi connectivity index (χ0n) is 8.05. The Labute approximate surface area is 81.5 Å². The average Bonchev–Trinajstić information content (AvgIpc) is 2.20. The SMILES string of the molecule is Cc1ncncc1-c1ncnc[n+]1C. The molecule has 0 radical (unpaired) electrons. The highest BCUT2D eigenvalue weighted by molar-refractivity contribution is 5.52. The summed E-state index contributed by atoms with van der Waals surface area (Å²) in [6.45, 7) is 1.93. The average molecular weight is 188 g/mol. The maximum atomic E-state index is 4.18. The van der Waals surface area contributed by atoms with Gasteiger partial charge >= 0.3 is 0 Å². The van der Waals surface area contributed by atoms with Crippen LogP contribution in [0.5, 0.6) is 0 Å². The molecule has 2 heterocycles. The molecule has 5 nitrogen and oxygen atoms in total. The third-order valence-electron chi connectivity index (χ3n) is 1.97. The van der Waals surface area contributed by atoms with E-state index in [-0.39, 0.29) is 0 Å². The molecule has 0 aromatic carbocycles. The summed E-state index contributed by atoms with van der Waals surface area (Å²) in [5, 5.41) is 0. The topological polar surface area (TPSA) is 55.4 Å². The highest BCUT2D eigenvalue weighted by Crippen LogP contribution is 2.12. The van der Waals surface area contributed by atoms with E-state index in [1.807, 2.05) is 18.5 Å². The Kier molecular flexibility index (Phi) is 2.14.